The van der Waals surface area contributed by atoms with Crippen LogP contribution in [-0.2, 0) is 14.4 Å². The van der Waals surface area contributed by atoms with Crippen LogP contribution < -0.4 is 5.32 Å². The highest BCUT2D eigenvalue weighted by atomic mass is 32.2. The number of nitrogens with zero attached hydrogens (tertiary/aromatic N) is 3. The molecule has 9 heteroatoms. The minimum Gasteiger partial charge on any atom is -0.360 e. The predicted molar refractivity (Wildman–Crippen MR) is 86.0 cm³/mol. The standard InChI is InChI=1S/C14H20N4O4S/c1-9-6-11(16-22-9)15-14(21)10(2)23-8-13(20)18-5-4-17(3)12(19)7-18/h6,10H,4-5,7-8H2,1-3H3,(H,15,16,21)/t10-/m0/s1. The highest BCUT2D eigenvalue weighted by molar-refractivity contribution is 8.01. The van der Waals surface area contributed by atoms with Crippen molar-refractivity contribution in [2.24, 2.45) is 0 Å². The molecule has 2 heterocycles. The number of aryl methyl sites for hydroxylation is 1. The molecule has 1 fully saturated rings. The molecule has 0 unspecified atom stereocenters. The highest BCUT2D eigenvalue weighted by Gasteiger charge is 2.25. The largest absolute Gasteiger partial charge is 0.360 e. The van der Waals surface area contributed by atoms with Gasteiger partial charge in [-0.1, -0.05) is 5.16 Å². The van der Waals surface area contributed by atoms with E-state index < -0.39 is 5.25 Å². The molecule has 3 amide bonds. The van der Waals surface area contributed by atoms with Gasteiger partial charge in [0.15, 0.2) is 5.82 Å². The Labute approximate surface area is 138 Å². The number of aromatic nitrogens is 1. The summed E-state index contributed by atoms with van der Waals surface area (Å²) in [6.45, 7) is 4.62. The molecule has 23 heavy (non-hydrogen) atoms. The summed E-state index contributed by atoms with van der Waals surface area (Å²) >= 11 is 1.23. The number of piperazine rings is 1. The Hall–Kier alpha value is -2.03. The first-order valence-corrected chi connectivity index (χ1v) is 8.29. The van der Waals surface area contributed by atoms with Crippen LogP contribution >= 0.6 is 11.8 Å². The number of likely N-dealkylation sites (N-methyl/N-ethyl adjacent to an activating group) is 1. The first-order chi connectivity index (χ1) is 10.9. The fraction of sp³-hybridized carbons (Fsp3) is 0.571. The first-order valence-electron chi connectivity index (χ1n) is 7.24. The second-order valence-corrected chi connectivity index (χ2v) is 6.72. The van der Waals surface area contributed by atoms with E-state index in [1.165, 1.54) is 16.7 Å². The monoisotopic (exact) mass is 340 g/mol. The molecule has 1 atom stereocenters. The normalized spacial score (nSPS) is 16.4. The summed E-state index contributed by atoms with van der Waals surface area (Å²) in [4.78, 5) is 38.9. The van der Waals surface area contributed by atoms with Gasteiger partial charge >= 0.3 is 0 Å². The van der Waals surface area contributed by atoms with Crippen LogP contribution in [0.4, 0.5) is 5.82 Å². The maximum absolute atomic E-state index is 12.1. The zero-order valence-electron chi connectivity index (χ0n) is 13.4. The van der Waals surface area contributed by atoms with Crippen molar-refractivity contribution >= 4 is 35.3 Å². The summed E-state index contributed by atoms with van der Waals surface area (Å²) in [6, 6.07) is 1.62. The lowest BCUT2D eigenvalue weighted by Crippen LogP contribution is -2.51. The molecule has 2 rings (SSSR count). The summed E-state index contributed by atoms with van der Waals surface area (Å²) in [7, 11) is 1.72. The van der Waals surface area contributed by atoms with Crippen LogP contribution in [0.3, 0.4) is 0 Å². The minimum absolute atomic E-state index is 0.0678. The van der Waals surface area contributed by atoms with Crippen molar-refractivity contribution in [1.82, 2.24) is 15.0 Å². The molecule has 1 N–H and O–H groups in total. The smallest absolute Gasteiger partial charge is 0.241 e. The van der Waals surface area contributed by atoms with Gasteiger partial charge in [-0.05, 0) is 13.8 Å². The van der Waals surface area contributed by atoms with Crippen LogP contribution in [0.15, 0.2) is 10.6 Å². The van der Waals surface area contributed by atoms with E-state index in [9.17, 15) is 14.4 Å². The summed E-state index contributed by atoms with van der Waals surface area (Å²) in [5.74, 6) is 0.677. The van der Waals surface area contributed by atoms with E-state index in [2.05, 4.69) is 10.5 Å². The average molecular weight is 340 g/mol. The maximum atomic E-state index is 12.1. The van der Waals surface area contributed by atoms with E-state index in [4.69, 9.17) is 4.52 Å². The third kappa shape index (κ3) is 4.72. The van der Waals surface area contributed by atoms with E-state index in [1.807, 2.05) is 0 Å². The number of carbonyl (C=O) groups excluding carboxylic acids is 3. The van der Waals surface area contributed by atoms with Gasteiger partial charge in [-0.2, -0.15) is 0 Å². The Balaban J connectivity index is 1.77. The van der Waals surface area contributed by atoms with Crippen LogP contribution in [0.5, 0.6) is 0 Å². The number of rotatable bonds is 5. The van der Waals surface area contributed by atoms with Crippen LogP contribution in [0.2, 0.25) is 0 Å². The van der Waals surface area contributed by atoms with E-state index in [0.717, 1.165) is 0 Å². The molecule has 1 saturated heterocycles. The van der Waals surface area contributed by atoms with E-state index in [0.29, 0.717) is 24.7 Å². The fourth-order valence-corrected chi connectivity index (χ4v) is 2.77. The first kappa shape index (κ1) is 17.3. The maximum Gasteiger partial charge on any atom is 0.241 e. The van der Waals surface area contributed by atoms with Crippen molar-refractivity contribution in [3.63, 3.8) is 0 Å². The third-order valence-corrected chi connectivity index (χ3v) is 4.64. The highest BCUT2D eigenvalue weighted by Crippen LogP contribution is 2.15. The van der Waals surface area contributed by atoms with Gasteiger partial charge in [0.1, 0.15) is 5.76 Å². The molecule has 1 aromatic heterocycles. The van der Waals surface area contributed by atoms with E-state index >= 15 is 0 Å². The lowest BCUT2D eigenvalue weighted by molar-refractivity contribution is -0.142. The molecule has 1 aliphatic rings. The number of hydrogen-bond donors (Lipinski definition) is 1. The van der Waals surface area contributed by atoms with Gasteiger partial charge in [0.2, 0.25) is 17.7 Å². The molecular weight excluding hydrogens is 320 g/mol. The van der Waals surface area contributed by atoms with Crippen molar-refractivity contribution in [2.45, 2.75) is 19.1 Å². The molecule has 0 bridgehead atoms. The lowest BCUT2D eigenvalue weighted by atomic mass is 10.3. The number of anilines is 1. The van der Waals surface area contributed by atoms with E-state index in [-0.39, 0.29) is 30.0 Å². The molecule has 8 nitrogen and oxygen atoms in total. The van der Waals surface area contributed by atoms with Crippen LogP contribution in [-0.4, -0.2) is 70.4 Å². The second-order valence-electron chi connectivity index (χ2n) is 5.40. The van der Waals surface area contributed by atoms with Crippen molar-refractivity contribution in [2.75, 3.05) is 37.8 Å². The Morgan fingerprint density at radius 2 is 2.22 bits per heavy atom. The minimum atomic E-state index is -0.417. The predicted octanol–water partition coefficient (Wildman–Crippen LogP) is 0.344. The van der Waals surface area contributed by atoms with Crippen molar-refractivity contribution in [1.29, 1.82) is 0 Å². The Morgan fingerprint density at radius 1 is 1.48 bits per heavy atom. The molecule has 0 spiro atoms. The molecular formula is C14H20N4O4S. The van der Waals surface area contributed by atoms with Crippen molar-refractivity contribution < 1.29 is 18.9 Å². The number of thioether (sulfide) groups is 1. The molecule has 1 aromatic rings. The molecule has 0 radical (unpaired) electrons. The number of hydrogen-bond acceptors (Lipinski definition) is 6. The Bertz CT molecular complexity index is 603. The van der Waals surface area contributed by atoms with Gasteiger partial charge in [-0.25, -0.2) is 0 Å². The lowest BCUT2D eigenvalue weighted by Gasteiger charge is -2.32. The van der Waals surface area contributed by atoms with Gasteiger partial charge < -0.3 is 19.6 Å². The zero-order valence-corrected chi connectivity index (χ0v) is 14.2. The van der Waals surface area contributed by atoms with Gasteiger partial charge in [-0.15, -0.1) is 11.8 Å². The second kappa shape index (κ2) is 7.49. The Kier molecular flexibility index (Phi) is 5.64. The number of nitrogens with one attached hydrogen (secondary N) is 1. The molecule has 1 aliphatic heterocycles. The van der Waals surface area contributed by atoms with Gasteiger partial charge in [0, 0.05) is 26.2 Å². The molecule has 0 aliphatic carbocycles. The number of carbonyl (C=O) groups is 3. The van der Waals surface area contributed by atoms with Crippen LogP contribution in [0, 0.1) is 6.92 Å². The molecule has 0 saturated carbocycles. The Morgan fingerprint density at radius 3 is 2.83 bits per heavy atom. The zero-order chi connectivity index (χ0) is 17.0. The van der Waals surface area contributed by atoms with Crippen LogP contribution in [0.25, 0.3) is 0 Å². The van der Waals surface area contributed by atoms with Gasteiger partial charge in [-0.3, -0.25) is 14.4 Å². The third-order valence-electron chi connectivity index (χ3n) is 3.52. The number of amides is 3. The quantitative estimate of drug-likeness (QED) is 0.831. The average Bonchev–Trinajstić information content (AvgIpc) is 2.92. The van der Waals surface area contributed by atoms with Crippen molar-refractivity contribution in [3.05, 3.63) is 11.8 Å². The van der Waals surface area contributed by atoms with Gasteiger partial charge in [0.25, 0.3) is 0 Å². The topological polar surface area (TPSA) is 95.8 Å². The van der Waals surface area contributed by atoms with Crippen molar-refractivity contribution in [3.8, 4) is 0 Å². The summed E-state index contributed by atoms with van der Waals surface area (Å²) < 4.78 is 4.87. The SMILES string of the molecule is Cc1cc(NC(=O)[C@H](C)SCC(=O)N2CCN(C)C(=O)C2)no1. The fourth-order valence-electron chi connectivity index (χ4n) is 1.99. The molecule has 126 valence electrons. The summed E-state index contributed by atoms with van der Waals surface area (Å²) in [5, 5.41) is 5.90. The van der Waals surface area contributed by atoms with E-state index in [1.54, 1.807) is 31.9 Å². The summed E-state index contributed by atoms with van der Waals surface area (Å²) in [6.07, 6.45) is 0. The summed E-state index contributed by atoms with van der Waals surface area (Å²) in [5.41, 5.74) is 0. The van der Waals surface area contributed by atoms with Crippen LogP contribution in [0.1, 0.15) is 12.7 Å². The molecule has 0 aromatic carbocycles. The van der Waals surface area contributed by atoms with Gasteiger partial charge in [0.05, 0.1) is 17.5 Å².